The van der Waals surface area contributed by atoms with Gasteiger partial charge in [0, 0.05) is 37.4 Å². The Morgan fingerprint density at radius 2 is 1.96 bits per heavy atom. The Hall–Kier alpha value is -1.48. The van der Waals surface area contributed by atoms with Gasteiger partial charge in [-0.05, 0) is 12.8 Å². The van der Waals surface area contributed by atoms with Crippen molar-refractivity contribution in [1.82, 2.24) is 21.3 Å². The first kappa shape index (κ1) is 19.8. The molecule has 2 aliphatic rings. The zero-order chi connectivity index (χ0) is 18.1. The van der Waals surface area contributed by atoms with Crippen molar-refractivity contribution in [3.8, 4) is 0 Å². The predicted molar refractivity (Wildman–Crippen MR) is 96.5 cm³/mol. The van der Waals surface area contributed by atoms with Gasteiger partial charge in [-0.3, -0.25) is 9.59 Å². The monoisotopic (exact) mass is 372 g/mol. The molecular formula is C16H28N4O4S. The summed E-state index contributed by atoms with van der Waals surface area (Å²) >= 11 is 1.90. The van der Waals surface area contributed by atoms with Crippen molar-refractivity contribution >= 4 is 29.6 Å². The van der Waals surface area contributed by atoms with Crippen LogP contribution in [0.1, 0.15) is 32.6 Å². The Bertz CT molecular complexity index is 477. The lowest BCUT2D eigenvalue weighted by Gasteiger charge is -2.16. The van der Waals surface area contributed by atoms with Gasteiger partial charge in [0.2, 0.25) is 11.8 Å². The Morgan fingerprint density at radius 1 is 1.20 bits per heavy atom. The highest BCUT2D eigenvalue weighted by Gasteiger charge is 2.42. The maximum absolute atomic E-state index is 11.7. The maximum atomic E-state index is 11.7. The van der Waals surface area contributed by atoms with Crippen LogP contribution in [0.2, 0.25) is 0 Å². The second-order valence-corrected chi connectivity index (χ2v) is 7.59. The van der Waals surface area contributed by atoms with Crippen LogP contribution in [0.3, 0.4) is 0 Å². The van der Waals surface area contributed by atoms with Gasteiger partial charge in [0.15, 0.2) is 0 Å². The fourth-order valence-corrected chi connectivity index (χ4v) is 4.57. The molecule has 2 aliphatic heterocycles. The van der Waals surface area contributed by atoms with Crippen molar-refractivity contribution in [3.05, 3.63) is 0 Å². The number of thioether (sulfide) groups is 1. The smallest absolute Gasteiger partial charge is 0.315 e. The van der Waals surface area contributed by atoms with Gasteiger partial charge in [0.25, 0.3) is 0 Å². The molecule has 2 saturated heterocycles. The standard InChI is InChI=1S/C16H28N4O4S/c1-11(21)17-6-8-24-9-7-18-14(22)5-3-2-4-13-15-12(10-25-13)19-16(23)20-15/h12-13,15H,2-10H2,1H3,(H,17,21)(H,18,22)(H2,19,20,23)/t12-,13-,15-/m0/s1. The van der Waals surface area contributed by atoms with E-state index in [9.17, 15) is 14.4 Å². The topological polar surface area (TPSA) is 109 Å². The zero-order valence-corrected chi connectivity index (χ0v) is 15.5. The summed E-state index contributed by atoms with van der Waals surface area (Å²) in [5, 5.41) is 11.8. The lowest BCUT2D eigenvalue weighted by Crippen LogP contribution is -2.36. The molecule has 8 nitrogen and oxygen atoms in total. The second-order valence-electron chi connectivity index (χ2n) is 6.31. The molecule has 0 aromatic carbocycles. The van der Waals surface area contributed by atoms with Crippen molar-refractivity contribution in [3.63, 3.8) is 0 Å². The number of rotatable bonds is 11. The molecule has 0 bridgehead atoms. The van der Waals surface area contributed by atoms with Gasteiger partial charge >= 0.3 is 6.03 Å². The minimum absolute atomic E-state index is 0.0400. The summed E-state index contributed by atoms with van der Waals surface area (Å²) in [6, 6.07) is 0.441. The van der Waals surface area contributed by atoms with Crippen molar-refractivity contribution in [2.45, 2.75) is 49.9 Å². The normalized spacial score (nSPS) is 24.4. The zero-order valence-electron chi connectivity index (χ0n) is 14.6. The molecule has 3 atom stereocenters. The highest BCUT2D eigenvalue weighted by Crippen LogP contribution is 2.33. The summed E-state index contributed by atoms with van der Waals surface area (Å²) in [4.78, 5) is 33.7. The molecule has 0 radical (unpaired) electrons. The molecule has 9 heteroatoms. The summed E-state index contributed by atoms with van der Waals surface area (Å²) in [6.45, 7) is 3.33. The number of fused-ring (bicyclic) bond motifs is 1. The number of urea groups is 1. The number of ether oxygens (including phenoxy) is 1. The molecular weight excluding hydrogens is 344 g/mol. The highest BCUT2D eigenvalue weighted by atomic mass is 32.2. The number of hydrogen-bond acceptors (Lipinski definition) is 5. The van der Waals surface area contributed by atoms with Crippen LogP contribution in [0.4, 0.5) is 4.79 Å². The first-order valence-electron chi connectivity index (χ1n) is 8.84. The third kappa shape index (κ3) is 7.11. The van der Waals surface area contributed by atoms with E-state index >= 15 is 0 Å². The molecule has 2 rings (SSSR count). The molecule has 2 heterocycles. The van der Waals surface area contributed by atoms with E-state index in [1.165, 1.54) is 6.92 Å². The third-order valence-electron chi connectivity index (χ3n) is 4.27. The van der Waals surface area contributed by atoms with Gasteiger partial charge in [-0.2, -0.15) is 11.8 Å². The molecule has 0 aromatic heterocycles. The lowest BCUT2D eigenvalue weighted by atomic mass is 10.0. The Kier molecular flexibility index (Phi) is 8.33. The number of unbranched alkanes of at least 4 members (excludes halogenated alkanes) is 1. The minimum atomic E-state index is -0.0741. The van der Waals surface area contributed by atoms with Gasteiger partial charge in [0.1, 0.15) is 0 Å². The SMILES string of the molecule is CC(=O)NCCOCCNC(=O)CCCC[C@@H]1SC[C@@H]2NC(=O)N[C@@H]21. The van der Waals surface area contributed by atoms with Crippen LogP contribution < -0.4 is 21.3 Å². The van der Waals surface area contributed by atoms with Crippen molar-refractivity contribution < 1.29 is 19.1 Å². The van der Waals surface area contributed by atoms with E-state index in [0.717, 1.165) is 25.0 Å². The second kappa shape index (κ2) is 10.5. The van der Waals surface area contributed by atoms with Crippen LogP contribution in [0.5, 0.6) is 0 Å². The van der Waals surface area contributed by atoms with Crippen LogP contribution in [0.25, 0.3) is 0 Å². The first-order valence-corrected chi connectivity index (χ1v) is 9.88. The summed E-state index contributed by atoms with van der Waals surface area (Å²) in [5.74, 6) is 0.935. The molecule has 0 saturated carbocycles. The van der Waals surface area contributed by atoms with E-state index in [0.29, 0.717) is 38.0 Å². The summed E-state index contributed by atoms with van der Waals surface area (Å²) in [7, 11) is 0. The first-order chi connectivity index (χ1) is 12.1. The van der Waals surface area contributed by atoms with E-state index in [-0.39, 0.29) is 29.9 Å². The maximum Gasteiger partial charge on any atom is 0.315 e. The van der Waals surface area contributed by atoms with E-state index in [4.69, 9.17) is 4.74 Å². The molecule has 142 valence electrons. The van der Waals surface area contributed by atoms with Crippen molar-refractivity contribution in [2.24, 2.45) is 0 Å². The van der Waals surface area contributed by atoms with Crippen LogP contribution in [0, 0.1) is 0 Å². The van der Waals surface area contributed by atoms with Gasteiger partial charge in [-0.1, -0.05) is 6.42 Å². The number of nitrogens with one attached hydrogen (secondary N) is 4. The van der Waals surface area contributed by atoms with Crippen LogP contribution in [-0.2, 0) is 14.3 Å². The molecule has 4 N–H and O–H groups in total. The number of hydrogen-bond donors (Lipinski definition) is 4. The summed E-state index contributed by atoms with van der Waals surface area (Å²) < 4.78 is 5.30. The number of carbonyl (C=O) groups excluding carboxylic acids is 3. The molecule has 2 fully saturated rings. The molecule has 0 unspecified atom stereocenters. The summed E-state index contributed by atoms with van der Waals surface area (Å²) in [5.41, 5.74) is 0. The molecule has 0 aliphatic carbocycles. The molecule has 25 heavy (non-hydrogen) atoms. The summed E-state index contributed by atoms with van der Waals surface area (Å²) in [6.07, 6.45) is 3.37. The van der Waals surface area contributed by atoms with Gasteiger partial charge in [-0.25, -0.2) is 4.79 Å². The van der Waals surface area contributed by atoms with Crippen molar-refractivity contribution in [1.29, 1.82) is 0 Å². The average molecular weight is 372 g/mol. The van der Waals surface area contributed by atoms with Crippen molar-refractivity contribution in [2.75, 3.05) is 32.1 Å². The van der Waals surface area contributed by atoms with E-state index in [1.807, 2.05) is 11.8 Å². The van der Waals surface area contributed by atoms with E-state index < -0.39 is 0 Å². The third-order valence-corrected chi connectivity index (χ3v) is 5.78. The molecule has 4 amide bonds. The molecule has 0 aromatic rings. The minimum Gasteiger partial charge on any atom is -0.378 e. The lowest BCUT2D eigenvalue weighted by molar-refractivity contribution is -0.121. The number of amides is 4. The average Bonchev–Trinajstić information content (AvgIpc) is 3.10. The Labute approximate surface area is 152 Å². The fourth-order valence-electron chi connectivity index (χ4n) is 3.03. The fraction of sp³-hybridized carbons (Fsp3) is 0.812. The Balaban J connectivity index is 1.42. The van der Waals surface area contributed by atoms with Crippen LogP contribution in [-0.4, -0.2) is 67.2 Å². The quantitative estimate of drug-likeness (QED) is 0.301. The van der Waals surface area contributed by atoms with Crippen LogP contribution in [0.15, 0.2) is 0 Å². The highest BCUT2D eigenvalue weighted by molar-refractivity contribution is 8.00. The molecule has 0 spiro atoms. The van der Waals surface area contributed by atoms with E-state index in [2.05, 4.69) is 21.3 Å². The Morgan fingerprint density at radius 3 is 2.72 bits per heavy atom. The predicted octanol–water partition coefficient (Wildman–Crippen LogP) is -0.0189. The number of carbonyl (C=O) groups is 3. The van der Waals surface area contributed by atoms with Crippen LogP contribution >= 0.6 is 11.8 Å². The van der Waals surface area contributed by atoms with Gasteiger partial charge in [0.05, 0.1) is 25.3 Å². The largest absolute Gasteiger partial charge is 0.378 e. The van der Waals surface area contributed by atoms with Gasteiger partial charge in [-0.15, -0.1) is 0 Å². The van der Waals surface area contributed by atoms with Gasteiger partial charge < -0.3 is 26.0 Å². The van der Waals surface area contributed by atoms with E-state index in [1.54, 1.807) is 0 Å².